The largest absolute Gasteiger partial charge is 0.497 e. The van der Waals surface area contributed by atoms with Crippen LogP contribution in [0, 0.1) is 0 Å². The molecule has 0 aliphatic heterocycles. The zero-order valence-electron chi connectivity index (χ0n) is 9.24. The van der Waals surface area contributed by atoms with Gasteiger partial charge in [0.1, 0.15) is 5.75 Å². The lowest BCUT2D eigenvalue weighted by Crippen LogP contribution is -2.13. The van der Waals surface area contributed by atoms with Crippen LogP contribution < -0.4 is 10.3 Å². The Morgan fingerprint density at radius 2 is 2.06 bits per heavy atom. The summed E-state index contributed by atoms with van der Waals surface area (Å²) in [6, 6.07) is 9.29. The fraction of sp³-hybridized carbons (Fsp3) is 0.167. The highest BCUT2D eigenvalue weighted by Gasteiger charge is 2.04. The van der Waals surface area contributed by atoms with E-state index in [1.54, 1.807) is 13.2 Å². The van der Waals surface area contributed by atoms with Crippen LogP contribution in [0.5, 0.6) is 5.75 Å². The van der Waals surface area contributed by atoms with Gasteiger partial charge in [0.15, 0.2) is 0 Å². The third kappa shape index (κ3) is 2.55. The standard InChI is InChI=1S/C12H11BrN2O2/c1-17-10-4-2-8(3-5-10)11-6-9(7-13)12(16)15-14-11/h2-6H,7H2,1H3,(H,15,16). The lowest BCUT2D eigenvalue weighted by molar-refractivity contribution is 0.415. The number of halogens is 1. The normalized spacial score (nSPS) is 10.2. The van der Waals surface area contributed by atoms with Gasteiger partial charge in [-0.15, -0.1) is 0 Å². The number of rotatable bonds is 3. The molecule has 0 saturated carbocycles. The molecule has 0 fully saturated rings. The second-order valence-electron chi connectivity index (χ2n) is 3.47. The van der Waals surface area contributed by atoms with Crippen LogP contribution in [0.1, 0.15) is 5.56 Å². The maximum atomic E-state index is 11.4. The summed E-state index contributed by atoms with van der Waals surface area (Å²) in [5, 5.41) is 7.00. The monoisotopic (exact) mass is 294 g/mol. The van der Waals surface area contributed by atoms with E-state index in [2.05, 4.69) is 26.1 Å². The van der Waals surface area contributed by atoms with Gasteiger partial charge in [-0.1, -0.05) is 15.9 Å². The number of nitrogens with zero attached hydrogens (tertiary/aromatic N) is 1. The van der Waals surface area contributed by atoms with E-state index in [4.69, 9.17) is 4.74 Å². The molecule has 0 unspecified atom stereocenters. The van der Waals surface area contributed by atoms with Crippen molar-refractivity contribution < 1.29 is 4.74 Å². The molecule has 0 aliphatic rings. The fourth-order valence-corrected chi connectivity index (χ4v) is 1.87. The van der Waals surface area contributed by atoms with Crippen LogP contribution in [-0.4, -0.2) is 17.3 Å². The molecule has 5 heteroatoms. The van der Waals surface area contributed by atoms with Crippen molar-refractivity contribution in [2.75, 3.05) is 7.11 Å². The van der Waals surface area contributed by atoms with Gasteiger partial charge in [-0.05, 0) is 30.3 Å². The van der Waals surface area contributed by atoms with E-state index in [9.17, 15) is 4.79 Å². The molecular weight excluding hydrogens is 284 g/mol. The molecule has 17 heavy (non-hydrogen) atoms. The number of aromatic nitrogens is 2. The van der Waals surface area contributed by atoms with Crippen molar-refractivity contribution in [3.8, 4) is 17.0 Å². The van der Waals surface area contributed by atoms with Crippen molar-refractivity contribution >= 4 is 15.9 Å². The van der Waals surface area contributed by atoms with Gasteiger partial charge in [-0.25, -0.2) is 5.10 Å². The van der Waals surface area contributed by atoms with E-state index in [-0.39, 0.29) is 5.56 Å². The lowest BCUT2D eigenvalue weighted by atomic mass is 10.1. The Labute approximate surface area is 107 Å². The van der Waals surface area contributed by atoms with E-state index in [1.165, 1.54) is 0 Å². The molecule has 1 N–H and O–H groups in total. The predicted molar refractivity (Wildman–Crippen MR) is 69.5 cm³/mol. The van der Waals surface area contributed by atoms with Gasteiger partial charge < -0.3 is 4.74 Å². The summed E-state index contributed by atoms with van der Waals surface area (Å²) < 4.78 is 5.08. The number of aromatic amines is 1. The summed E-state index contributed by atoms with van der Waals surface area (Å²) in [7, 11) is 1.62. The number of hydrogen-bond donors (Lipinski definition) is 1. The average molecular weight is 295 g/mol. The van der Waals surface area contributed by atoms with E-state index in [1.807, 2.05) is 24.3 Å². The van der Waals surface area contributed by atoms with Crippen LogP contribution in [0.2, 0.25) is 0 Å². The Bertz CT molecular complexity index is 563. The van der Waals surface area contributed by atoms with E-state index < -0.39 is 0 Å². The molecule has 4 nitrogen and oxygen atoms in total. The molecule has 1 aromatic carbocycles. The van der Waals surface area contributed by atoms with Crippen LogP contribution in [-0.2, 0) is 5.33 Å². The quantitative estimate of drug-likeness (QED) is 0.884. The minimum absolute atomic E-state index is 0.167. The fourth-order valence-electron chi connectivity index (χ4n) is 1.45. The first-order chi connectivity index (χ1) is 8.24. The Morgan fingerprint density at radius 1 is 1.35 bits per heavy atom. The first-order valence-corrected chi connectivity index (χ1v) is 6.15. The van der Waals surface area contributed by atoms with Crippen LogP contribution >= 0.6 is 15.9 Å². The average Bonchev–Trinajstić information content (AvgIpc) is 2.39. The summed E-state index contributed by atoms with van der Waals surface area (Å²) in [5.41, 5.74) is 2.16. The van der Waals surface area contributed by atoms with Crippen LogP contribution in [0.3, 0.4) is 0 Å². The first-order valence-electron chi connectivity index (χ1n) is 5.03. The van der Waals surface area contributed by atoms with Crippen molar-refractivity contribution in [1.29, 1.82) is 0 Å². The van der Waals surface area contributed by atoms with Crippen molar-refractivity contribution in [2.45, 2.75) is 5.33 Å². The van der Waals surface area contributed by atoms with Gasteiger partial charge in [0.2, 0.25) is 0 Å². The minimum atomic E-state index is -0.167. The zero-order valence-corrected chi connectivity index (χ0v) is 10.8. The Balaban J connectivity index is 2.42. The molecule has 0 aliphatic carbocycles. The molecule has 1 heterocycles. The molecule has 0 saturated heterocycles. The summed E-state index contributed by atoms with van der Waals surface area (Å²) in [6.07, 6.45) is 0. The molecular formula is C12H11BrN2O2. The highest BCUT2D eigenvalue weighted by molar-refractivity contribution is 9.08. The maximum Gasteiger partial charge on any atom is 0.268 e. The van der Waals surface area contributed by atoms with Gasteiger partial charge in [-0.3, -0.25) is 4.79 Å². The Kier molecular flexibility index (Phi) is 3.58. The van der Waals surface area contributed by atoms with Gasteiger partial charge in [0.05, 0.1) is 12.8 Å². The molecule has 0 amide bonds. The summed E-state index contributed by atoms with van der Waals surface area (Å²) >= 11 is 3.27. The lowest BCUT2D eigenvalue weighted by Gasteiger charge is -2.03. The van der Waals surface area contributed by atoms with Gasteiger partial charge in [0.25, 0.3) is 5.56 Å². The minimum Gasteiger partial charge on any atom is -0.497 e. The molecule has 0 radical (unpaired) electrons. The zero-order chi connectivity index (χ0) is 12.3. The number of alkyl halides is 1. The number of hydrogen-bond acceptors (Lipinski definition) is 3. The third-order valence-corrected chi connectivity index (χ3v) is 3.01. The molecule has 0 spiro atoms. The highest BCUT2D eigenvalue weighted by Crippen LogP contribution is 2.20. The number of nitrogens with one attached hydrogen (secondary N) is 1. The number of H-pyrrole nitrogens is 1. The number of methoxy groups -OCH3 is 1. The molecule has 0 bridgehead atoms. The highest BCUT2D eigenvalue weighted by atomic mass is 79.9. The number of benzene rings is 1. The molecule has 1 aromatic heterocycles. The Morgan fingerprint density at radius 3 is 2.65 bits per heavy atom. The second-order valence-corrected chi connectivity index (χ2v) is 4.03. The van der Waals surface area contributed by atoms with Crippen molar-refractivity contribution in [2.24, 2.45) is 0 Å². The SMILES string of the molecule is COc1ccc(-c2cc(CBr)c(=O)[nH]n2)cc1. The maximum absolute atomic E-state index is 11.4. The van der Waals surface area contributed by atoms with Gasteiger partial charge in [-0.2, -0.15) is 5.10 Å². The molecule has 2 rings (SSSR count). The van der Waals surface area contributed by atoms with E-state index in [0.29, 0.717) is 10.9 Å². The summed E-state index contributed by atoms with van der Waals surface area (Å²) in [4.78, 5) is 11.4. The van der Waals surface area contributed by atoms with Crippen molar-refractivity contribution in [3.63, 3.8) is 0 Å². The molecule has 0 atom stereocenters. The second kappa shape index (κ2) is 5.14. The predicted octanol–water partition coefficient (Wildman–Crippen LogP) is 2.34. The van der Waals surface area contributed by atoms with Crippen LogP contribution in [0.15, 0.2) is 35.1 Å². The molecule has 2 aromatic rings. The van der Waals surface area contributed by atoms with Crippen molar-refractivity contribution in [1.82, 2.24) is 10.2 Å². The smallest absolute Gasteiger partial charge is 0.268 e. The van der Waals surface area contributed by atoms with E-state index in [0.717, 1.165) is 17.0 Å². The van der Waals surface area contributed by atoms with Crippen LogP contribution in [0.4, 0.5) is 0 Å². The first kappa shape index (κ1) is 11.9. The third-order valence-electron chi connectivity index (χ3n) is 2.41. The van der Waals surface area contributed by atoms with E-state index >= 15 is 0 Å². The van der Waals surface area contributed by atoms with Gasteiger partial charge in [0, 0.05) is 16.5 Å². The summed E-state index contributed by atoms with van der Waals surface area (Å²) in [5.74, 6) is 0.791. The number of ether oxygens (including phenoxy) is 1. The molecule has 88 valence electrons. The van der Waals surface area contributed by atoms with Crippen LogP contribution in [0.25, 0.3) is 11.3 Å². The summed E-state index contributed by atoms with van der Waals surface area (Å²) in [6.45, 7) is 0. The Hall–Kier alpha value is -1.62. The topological polar surface area (TPSA) is 55.0 Å². The van der Waals surface area contributed by atoms with Gasteiger partial charge >= 0.3 is 0 Å². The van der Waals surface area contributed by atoms with Crippen molar-refractivity contribution in [3.05, 3.63) is 46.2 Å².